The van der Waals surface area contributed by atoms with Crippen LogP contribution < -0.4 is 14.8 Å². The van der Waals surface area contributed by atoms with Crippen LogP contribution in [0.25, 0.3) is 6.08 Å². The van der Waals surface area contributed by atoms with Crippen molar-refractivity contribution in [3.8, 4) is 17.2 Å². The normalized spacial score (nSPS) is 15.7. The average molecular weight is 474 g/mol. The predicted octanol–water partition coefficient (Wildman–Crippen LogP) is 5.59. The second kappa shape index (κ2) is 7.88. The van der Waals surface area contributed by atoms with Crippen molar-refractivity contribution >= 4 is 44.9 Å². The van der Waals surface area contributed by atoms with Crippen LogP contribution in [-0.4, -0.2) is 18.3 Å². The molecule has 0 aromatic heterocycles. The number of nitrogens with one attached hydrogen (secondary N) is 1. The largest absolute Gasteiger partial charge is 0.493 e. The summed E-state index contributed by atoms with van der Waals surface area (Å²) >= 11 is 3.77. The molecule has 146 valence electrons. The van der Waals surface area contributed by atoms with Crippen LogP contribution in [0, 0.1) is 0 Å². The van der Waals surface area contributed by atoms with Crippen molar-refractivity contribution < 1.29 is 32.2 Å². The summed E-state index contributed by atoms with van der Waals surface area (Å²) in [5.41, 5.74) is -0.420. The fourth-order valence-electron chi connectivity index (χ4n) is 2.36. The molecule has 5 nitrogen and oxygen atoms in total. The molecule has 0 spiro atoms. The highest BCUT2D eigenvalue weighted by Crippen LogP contribution is 2.42. The molecule has 0 saturated carbocycles. The van der Waals surface area contributed by atoms with Crippen molar-refractivity contribution in [1.82, 2.24) is 5.32 Å². The molecule has 0 radical (unpaired) electrons. The summed E-state index contributed by atoms with van der Waals surface area (Å²) in [6, 6.07) is 8.01. The van der Waals surface area contributed by atoms with Gasteiger partial charge in [-0.05, 0) is 53.7 Å². The fourth-order valence-corrected chi connectivity index (χ4v) is 3.41. The number of alkyl halides is 3. The molecule has 1 aliphatic rings. The first-order chi connectivity index (χ1) is 13.2. The first-order valence-corrected chi connectivity index (χ1v) is 9.26. The standard InChI is InChI=1S/C18H11BrF3NO4S/c1-26-14-6-9(7-15-16(24)23-17(25)28-15)2-4-13(14)27-12-5-3-10(19)8-11(12)18(20,21)22/h2-8H,1H3,(H,23,24,25)/b15-7-. The molecule has 2 amide bonds. The van der Waals surface area contributed by atoms with Gasteiger partial charge >= 0.3 is 6.18 Å². The average Bonchev–Trinajstić information content (AvgIpc) is 2.93. The Morgan fingerprint density at radius 2 is 1.79 bits per heavy atom. The maximum atomic E-state index is 13.3. The number of rotatable bonds is 4. The Morgan fingerprint density at radius 1 is 1.07 bits per heavy atom. The van der Waals surface area contributed by atoms with E-state index < -0.39 is 22.9 Å². The topological polar surface area (TPSA) is 64.6 Å². The van der Waals surface area contributed by atoms with Gasteiger partial charge in [-0.3, -0.25) is 14.9 Å². The summed E-state index contributed by atoms with van der Waals surface area (Å²) in [5, 5.41) is 1.66. The van der Waals surface area contributed by atoms with Gasteiger partial charge in [0.1, 0.15) is 5.75 Å². The van der Waals surface area contributed by atoms with Gasteiger partial charge in [0.05, 0.1) is 17.6 Å². The molecule has 3 rings (SSSR count). The third kappa shape index (κ3) is 4.50. The van der Waals surface area contributed by atoms with Crippen LogP contribution in [0.4, 0.5) is 18.0 Å². The lowest BCUT2D eigenvalue weighted by Gasteiger charge is -2.16. The van der Waals surface area contributed by atoms with Crippen LogP contribution >= 0.6 is 27.7 Å². The van der Waals surface area contributed by atoms with E-state index in [1.165, 1.54) is 43.5 Å². The Morgan fingerprint density at radius 3 is 2.39 bits per heavy atom. The van der Waals surface area contributed by atoms with Gasteiger partial charge in [-0.1, -0.05) is 22.0 Å². The summed E-state index contributed by atoms with van der Waals surface area (Å²) < 4.78 is 50.7. The number of carbonyl (C=O) groups is 2. The van der Waals surface area contributed by atoms with Crippen LogP contribution in [-0.2, 0) is 11.0 Å². The van der Waals surface area contributed by atoms with E-state index in [1.807, 2.05) is 0 Å². The number of methoxy groups -OCH3 is 1. The zero-order valence-corrected chi connectivity index (χ0v) is 16.5. The summed E-state index contributed by atoms with van der Waals surface area (Å²) in [5.74, 6) is -0.660. The molecule has 0 bridgehead atoms. The minimum atomic E-state index is -4.60. The van der Waals surface area contributed by atoms with Crippen LogP contribution in [0.5, 0.6) is 17.2 Å². The number of thioether (sulfide) groups is 1. The summed E-state index contributed by atoms with van der Waals surface area (Å²) in [6.07, 6.45) is -3.13. The van der Waals surface area contributed by atoms with Gasteiger partial charge in [0, 0.05) is 4.47 Å². The Labute approximate surface area is 170 Å². The molecule has 0 aliphatic carbocycles. The Balaban J connectivity index is 1.94. The molecule has 28 heavy (non-hydrogen) atoms. The summed E-state index contributed by atoms with van der Waals surface area (Å²) in [4.78, 5) is 23.0. The molecule has 10 heteroatoms. The third-order valence-electron chi connectivity index (χ3n) is 3.59. The van der Waals surface area contributed by atoms with Crippen molar-refractivity contribution in [2.45, 2.75) is 6.18 Å². The first kappa shape index (κ1) is 20.3. The zero-order valence-electron chi connectivity index (χ0n) is 14.1. The highest BCUT2D eigenvalue weighted by atomic mass is 79.9. The molecule has 2 aromatic rings. The molecule has 1 aliphatic heterocycles. The SMILES string of the molecule is COc1cc(/C=C2\SC(=O)NC2=O)ccc1Oc1ccc(Br)cc1C(F)(F)F. The molecule has 1 fully saturated rings. The van der Waals surface area contributed by atoms with E-state index in [0.717, 1.165) is 17.8 Å². The molecular formula is C18H11BrF3NO4S. The lowest BCUT2D eigenvalue weighted by molar-refractivity contribution is -0.138. The molecule has 1 heterocycles. The second-order valence-electron chi connectivity index (χ2n) is 5.50. The molecule has 2 aromatic carbocycles. The van der Waals surface area contributed by atoms with E-state index in [4.69, 9.17) is 9.47 Å². The van der Waals surface area contributed by atoms with Crippen LogP contribution in [0.15, 0.2) is 45.8 Å². The number of ether oxygens (including phenoxy) is 2. The number of hydrogen-bond donors (Lipinski definition) is 1. The van der Waals surface area contributed by atoms with Crippen molar-refractivity contribution in [3.05, 3.63) is 56.9 Å². The fraction of sp³-hybridized carbons (Fsp3) is 0.111. The van der Waals surface area contributed by atoms with E-state index in [2.05, 4.69) is 21.2 Å². The van der Waals surface area contributed by atoms with Crippen molar-refractivity contribution in [2.24, 2.45) is 0 Å². The van der Waals surface area contributed by atoms with E-state index in [0.29, 0.717) is 5.56 Å². The van der Waals surface area contributed by atoms with E-state index in [-0.39, 0.29) is 26.6 Å². The number of amides is 2. The van der Waals surface area contributed by atoms with Crippen LogP contribution in [0.1, 0.15) is 11.1 Å². The number of halogens is 4. The minimum absolute atomic E-state index is 0.0667. The van der Waals surface area contributed by atoms with Gasteiger partial charge in [-0.25, -0.2) is 0 Å². The maximum absolute atomic E-state index is 13.3. The Kier molecular flexibility index (Phi) is 5.71. The Hall–Kier alpha value is -2.46. The minimum Gasteiger partial charge on any atom is -0.493 e. The van der Waals surface area contributed by atoms with E-state index in [9.17, 15) is 22.8 Å². The number of carbonyl (C=O) groups excluding carboxylic acids is 2. The van der Waals surface area contributed by atoms with Gasteiger partial charge in [0.2, 0.25) is 0 Å². The zero-order chi connectivity index (χ0) is 20.5. The van der Waals surface area contributed by atoms with Crippen molar-refractivity contribution in [1.29, 1.82) is 0 Å². The van der Waals surface area contributed by atoms with Crippen LogP contribution in [0.2, 0.25) is 0 Å². The smallest absolute Gasteiger partial charge is 0.420 e. The van der Waals surface area contributed by atoms with Crippen LogP contribution in [0.3, 0.4) is 0 Å². The highest BCUT2D eigenvalue weighted by molar-refractivity contribution is 9.10. The quantitative estimate of drug-likeness (QED) is 0.586. The molecule has 1 saturated heterocycles. The van der Waals surface area contributed by atoms with Crippen molar-refractivity contribution in [3.63, 3.8) is 0 Å². The molecule has 0 unspecified atom stereocenters. The lowest BCUT2D eigenvalue weighted by Crippen LogP contribution is -2.17. The van der Waals surface area contributed by atoms with Gasteiger partial charge in [-0.15, -0.1) is 0 Å². The molecule has 0 atom stereocenters. The lowest BCUT2D eigenvalue weighted by atomic mass is 10.1. The predicted molar refractivity (Wildman–Crippen MR) is 101 cm³/mol. The highest BCUT2D eigenvalue weighted by Gasteiger charge is 2.35. The van der Waals surface area contributed by atoms with Crippen molar-refractivity contribution in [2.75, 3.05) is 7.11 Å². The molecule has 1 N–H and O–H groups in total. The third-order valence-corrected chi connectivity index (χ3v) is 4.90. The summed E-state index contributed by atoms with van der Waals surface area (Å²) in [6.45, 7) is 0. The number of benzene rings is 2. The summed E-state index contributed by atoms with van der Waals surface area (Å²) in [7, 11) is 1.34. The van der Waals surface area contributed by atoms with Gasteiger partial charge in [0.25, 0.3) is 11.1 Å². The number of hydrogen-bond acceptors (Lipinski definition) is 5. The maximum Gasteiger partial charge on any atom is 0.420 e. The van der Waals surface area contributed by atoms with E-state index >= 15 is 0 Å². The number of imide groups is 1. The first-order valence-electron chi connectivity index (χ1n) is 7.65. The van der Waals surface area contributed by atoms with E-state index in [1.54, 1.807) is 0 Å². The molecular weight excluding hydrogens is 463 g/mol. The van der Waals surface area contributed by atoms with Gasteiger partial charge in [-0.2, -0.15) is 13.2 Å². The van der Waals surface area contributed by atoms with Gasteiger partial charge < -0.3 is 9.47 Å². The second-order valence-corrected chi connectivity index (χ2v) is 7.43. The monoisotopic (exact) mass is 473 g/mol. The van der Waals surface area contributed by atoms with Gasteiger partial charge in [0.15, 0.2) is 11.5 Å². The Bertz CT molecular complexity index is 991.